The molecule has 4 heteroatoms. The molecule has 0 aliphatic carbocycles. The van der Waals surface area contributed by atoms with Crippen LogP contribution in [0.5, 0.6) is 11.5 Å². The first-order valence-electron chi connectivity index (χ1n) is 6.50. The third-order valence-corrected chi connectivity index (χ3v) is 3.29. The van der Waals surface area contributed by atoms with Gasteiger partial charge in [0, 0.05) is 30.2 Å². The van der Waals surface area contributed by atoms with Gasteiger partial charge in [-0.3, -0.25) is 0 Å². The lowest BCUT2D eigenvalue weighted by Gasteiger charge is -2.12. The van der Waals surface area contributed by atoms with Gasteiger partial charge < -0.3 is 14.8 Å². The Hall–Kier alpha value is -1.36. The van der Waals surface area contributed by atoms with Crippen LogP contribution in [0.4, 0.5) is 0 Å². The average molecular weight is 336 g/mol. The number of hydrogen-bond acceptors (Lipinski definition) is 3. The van der Waals surface area contributed by atoms with Crippen molar-refractivity contribution >= 4 is 15.9 Å². The van der Waals surface area contributed by atoms with Crippen molar-refractivity contribution in [2.75, 3.05) is 20.3 Å². The Morgan fingerprint density at radius 2 is 1.95 bits per heavy atom. The molecule has 2 rings (SSSR count). The molecule has 0 aromatic heterocycles. The SMILES string of the molecule is COCCNCc1ccccc1Oc1cccc(Br)c1. The first-order valence-corrected chi connectivity index (χ1v) is 7.30. The van der Waals surface area contributed by atoms with Gasteiger partial charge in [-0.2, -0.15) is 0 Å². The first kappa shape index (κ1) is 15.0. The quantitative estimate of drug-likeness (QED) is 0.776. The second kappa shape index (κ2) is 8.04. The summed E-state index contributed by atoms with van der Waals surface area (Å²) in [5.41, 5.74) is 1.13. The third kappa shape index (κ3) is 4.63. The van der Waals surface area contributed by atoms with E-state index in [1.54, 1.807) is 7.11 Å². The zero-order valence-electron chi connectivity index (χ0n) is 11.4. The Kier molecular flexibility index (Phi) is 6.05. The van der Waals surface area contributed by atoms with Crippen molar-refractivity contribution in [1.82, 2.24) is 5.32 Å². The summed E-state index contributed by atoms with van der Waals surface area (Å²) in [6, 6.07) is 15.9. The van der Waals surface area contributed by atoms with Gasteiger partial charge in [-0.15, -0.1) is 0 Å². The number of ether oxygens (including phenoxy) is 2. The number of hydrogen-bond donors (Lipinski definition) is 1. The number of benzene rings is 2. The van der Waals surface area contributed by atoms with Crippen LogP contribution in [0.25, 0.3) is 0 Å². The molecule has 0 unspecified atom stereocenters. The monoisotopic (exact) mass is 335 g/mol. The molecule has 0 aliphatic heterocycles. The summed E-state index contributed by atoms with van der Waals surface area (Å²) in [5.74, 6) is 1.69. The number of rotatable bonds is 7. The molecule has 0 heterocycles. The van der Waals surface area contributed by atoms with Gasteiger partial charge in [0.15, 0.2) is 0 Å². The summed E-state index contributed by atoms with van der Waals surface area (Å²) in [6.45, 7) is 2.28. The molecule has 20 heavy (non-hydrogen) atoms. The summed E-state index contributed by atoms with van der Waals surface area (Å²) in [5, 5.41) is 3.33. The van der Waals surface area contributed by atoms with Gasteiger partial charge in [-0.25, -0.2) is 0 Å². The molecule has 0 atom stereocenters. The predicted molar refractivity (Wildman–Crippen MR) is 84.2 cm³/mol. The maximum atomic E-state index is 5.95. The zero-order valence-corrected chi connectivity index (χ0v) is 13.0. The van der Waals surface area contributed by atoms with E-state index in [1.807, 2.05) is 42.5 Å². The number of halogens is 1. The van der Waals surface area contributed by atoms with Gasteiger partial charge >= 0.3 is 0 Å². The third-order valence-electron chi connectivity index (χ3n) is 2.79. The summed E-state index contributed by atoms with van der Waals surface area (Å²) < 4.78 is 12.0. The first-order chi connectivity index (χ1) is 9.79. The van der Waals surface area contributed by atoms with E-state index in [0.717, 1.165) is 34.6 Å². The maximum absolute atomic E-state index is 5.95. The molecule has 2 aromatic rings. The maximum Gasteiger partial charge on any atom is 0.131 e. The lowest BCUT2D eigenvalue weighted by molar-refractivity contribution is 0.199. The van der Waals surface area contributed by atoms with Gasteiger partial charge in [-0.05, 0) is 24.3 Å². The Balaban J connectivity index is 2.03. The summed E-state index contributed by atoms with van der Waals surface area (Å²) in [6.07, 6.45) is 0. The van der Waals surface area contributed by atoms with E-state index in [4.69, 9.17) is 9.47 Å². The second-order valence-corrected chi connectivity index (χ2v) is 5.25. The lowest BCUT2D eigenvalue weighted by Crippen LogP contribution is -2.18. The standard InChI is InChI=1S/C16H18BrNO2/c1-19-10-9-18-12-13-5-2-3-8-16(13)20-15-7-4-6-14(17)11-15/h2-8,11,18H,9-10,12H2,1H3. The van der Waals surface area contributed by atoms with Gasteiger partial charge in [-0.1, -0.05) is 40.2 Å². The number of para-hydroxylation sites is 1. The highest BCUT2D eigenvalue weighted by Crippen LogP contribution is 2.27. The highest BCUT2D eigenvalue weighted by atomic mass is 79.9. The minimum atomic E-state index is 0.703. The molecule has 2 aromatic carbocycles. The fourth-order valence-electron chi connectivity index (χ4n) is 1.80. The smallest absolute Gasteiger partial charge is 0.131 e. The molecule has 0 aliphatic rings. The van der Waals surface area contributed by atoms with E-state index in [-0.39, 0.29) is 0 Å². The van der Waals surface area contributed by atoms with Crippen molar-refractivity contribution in [3.05, 3.63) is 58.6 Å². The summed E-state index contributed by atoms with van der Waals surface area (Å²) in [4.78, 5) is 0. The van der Waals surface area contributed by atoms with E-state index >= 15 is 0 Å². The van der Waals surface area contributed by atoms with Crippen LogP contribution in [0.15, 0.2) is 53.0 Å². The van der Waals surface area contributed by atoms with E-state index in [2.05, 4.69) is 27.3 Å². The zero-order chi connectivity index (χ0) is 14.2. The summed E-state index contributed by atoms with van der Waals surface area (Å²) >= 11 is 3.45. The predicted octanol–water partition coefficient (Wildman–Crippen LogP) is 3.98. The van der Waals surface area contributed by atoms with Crippen molar-refractivity contribution < 1.29 is 9.47 Å². The Bertz CT molecular complexity index is 546. The van der Waals surface area contributed by atoms with Crippen molar-refractivity contribution in [3.8, 4) is 11.5 Å². The molecular formula is C16H18BrNO2. The van der Waals surface area contributed by atoms with E-state index in [0.29, 0.717) is 6.61 Å². The van der Waals surface area contributed by atoms with Crippen molar-refractivity contribution in [3.63, 3.8) is 0 Å². The molecule has 1 N–H and O–H groups in total. The largest absolute Gasteiger partial charge is 0.457 e. The molecule has 3 nitrogen and oxygen atoms in total. The van der Waals surface area contributed by atoms with Crippen molar-refractivity contribution in [1.29, 1.82) is 0 Å². The highest BCUT2D eigenvalue weighted by Gasteiger charge is 2.04. The molecular weight excluding hydrogens is 318 g/mol. The van der Waals surface area contributed by atoms with Gasteiger partial charge in [0.05, 0.1) is 6.61 Å². The topological polar surface area (TPSA) is 30.5 Å². The van der Waals surface area contributed by atoms with Crippen molar-refractivity contribution in [2.24, 2.45) is 0 Å². The lowest BCUT2D eigenvalue weighted by atomic mass is 10.2. The second-order valence-electron chi connectivity index (χ2n) is 4.34. The molecule has 0 radical (unpaired) electrons. The van der Waals surface area contributed by atoms with Crippen LogP contribution < -0.4 is 10.1 Å². The molecule has 0 spiro atoms. The Morgan fingerprint density at radius 1 is 1.10 bits per heavy atom. The molecule has 0 fully saturated rings. The highest BCUT2D eigenvalue weighted by molar-refractivity contribution is 9.10. The Labute approximate surface area is 128 Å². The van der Waals surface area contributed by atoms with E-state index in [1.165, 1.54) is 0 Å². The van der Waals surface area contributed by atoms with Crippen LogP contribution in [-0.4, -0.2) is 20.3 Å². The summed E-state index contributed by atoms with van der Waals surface area (Å²) in [7, 11) is 1.70. The van der Waals surface area contributed by atoms with Crippen LogP contribution in [-0.2, 0) is 11.3 Å². The molecule has 0 bridgehead atoms. The molecule has 106 valence electrons. The molecule has 0 saturated heterocycles. The van der Waals surface area contributed by atoms with Gasteiger partial charge in [0.25, 0.3) is 0 Å². The van der Waals surface area contributed by atoms with Gasteiger partial charge in [0.2, 0.25) is 0 Å². The van der Waals surface area contributed by atoms with Crippen LogP contribution in [0.1, 0.15) is 5.56 Å². The van der Waals surface area contributed by atoms with Crippen LogP contribution >= 0.6 is 15.9 Å². The van der Waals surface area contributed by atoms with Gasteiger partial charge in [0.1, 0.15) is 11.5 Å². The molecule has 0 saturated carbocycles. The van der Waals surface area contributed by atoms with Crippen molar-refractivity contribution in [2.45, 2.75) is 6.54 Å². The number of methoxy groups -OCH3 is 1. The minimum absolute atomic E-state index is 0.703. The van der Waals surface area contributed by atoms with E-state index in [9.17, 15) is 0 Å². The average Bonchev–Trinajstić information content (AvgIpc) is 2.45. The fraction of sp³-hybridized carbons (Fsp3) is 0.250. The van der Waals surface area contributed by atoms with Crippen LogP contribution in [0.2, 0.25) is 0 Å². The van der Waals surface area contributed by atoms with Crippen LogP contribution in [0.3, 0.4) is 0 Å². The normalized spacial score (nSPS) is 10.5. The minimum Gasteiger partial charge on any atom is -0.457 e. The van der Waals surface area contributed by atoms with Crippen LogP contribution in [0, 0.1) is 0 Å². The fourth-order valence-corrected chi connectivity index (χ4v) is 2.18. The van der Waals surface area contributed by atoms with E-state index < -0.39 is 0 Å². The Morgan fingerprint density at radius 3 is 2.75 bits per heavy atom. The number of nitrogens with one attached hydrogen (secondary N) is 1. The molecule has 0 amide bonds.